The van der Waals surface area contributed by atoms with Gasteiger partial charge in [-0.15, -0.1) is 0 Å². The second-order valence-corrected chi connectivity index (χ2v) is 14.3. The Bertz CT molecular complexity index is 1580. The van der Waals surface area contributed by atoms with Crippen LogP contribution < -0.4 is 18.9 Å². The number of hydrogen-bond donors (Lipinski definition) is 0. The number of hydrogen-bond acceptors (Lipinski definition) is 9. The van der Waals surface area contributed by atoms with Crippen LogP contribution in [-0.2, 0) is 0 Å². The maximum absolute atomic E-state index is 12.3. The van der Waals surface area contributed by atoms with Crippen molar-refractivity contribution < 1.29 is 28.5 Å². The molecular formula is C44H60N2O6S. The van der Waals surface area contributed by atoms with E-state index in [2.05, 4.69) is 27.7 Å². The third kappa shape index (κ3) is 12.3. The third-order valence-electron chi connectivity index (χ3n) is 9.50. The zero-order chi connectivity index (χ0) is 37.7. The summed E-state index contributed by atoms with van der Waals surface area (Å²) in [6, 6.07) is 11.5. The quantitative estimate of drug-likeness (QED) is 0.0419. The summed E-state index contributed by atoms with van der Waals surface area (Å²) in [5, 5.41) is 0. The second-order valence-electron chi connectivity index (χ2n) is 13.8. The molecule has 1 aromatic heterocycles. The van der Waals surface area contributed by atoms with Gasteiger partial charge in [0.15, 0.2) is 12.6 Å². The topological polar surface area (TPSA) is 96.8 Å². The standard InChI is InChI=1S/C44H60N2O6S/c1-5-9-13-17-23-49-39-29-37(41(27-33(39)31-47)51-25-19-15-11-7-3)35-21-22-36(44-43(35)45-53-46-44)38-30-40(50-24-18-14-10-6-2)34(32-48)28-42(38)52-26-20-16-12-8-4/h21-22,27-32H,5-20,23-26H2,1-4H3. The van der Waals surface area contributed by atoms with E-state index in [-0.39, 0.29) is 0 Å². The van der Waals surface area contributed by atoms with E-state index in [0.29, 0.717) is 71.6 Å². The summed E-state index contributed by atoms with van der Waals surface area (Å²) in [5.41, 5.74) is 5.66. The Morgan fingerprint density at radius 2 is 0.792 bits per heavy atom. The highest BCUT2D eigenvalue weighted by atomic mass is 32.1. The molecule has 0 atom stereocenters. The van der Waals surface area contributed by atoms with Crippen LogP contribution in [-0.4, -0.2) is 47.7 Å². The van der Waals surface area contributed by atoms with Crippen LogP contribution in [0.1, 0.15) is 151 Å². The number of carbonyl (C=O) groups excluding carboxylic acids is 2. The smallest absolute Gasteiger partial charge is 0.153 e. The highest BCUT2D eigenvalue weighted by Crippen LogP contribution is 2.44. The lowest BCUT2D eigenvalue weighted by Crippen LogP contribution is -2.04. The normalized spacial score (nSPS) is 11.2. The van der Waals surface area contributed by atoms with Crippen molar-refractivity contribution in [2.45, 2.75) is 130 Å². The highest BCUT2D eigenvalue weighted by Gasteiger charge is 2.22. The van der Waals surface area contributed by atoms with Crippen molar-refractivity contribution in [3.63, 3.8) is 0 Å². The molecule has 0 saturated heterocycles. The molecule has 0 bridgehead atoms. The minimum absolute atomic E-state index is 0.468. The van der Waals surface area contributed by atoms with E-state index in [1.54, 1.807) is 12.1 Å². The summed E-state index contributed by atoms with van der Waals surface area (Å²) < 4.78 is 34.9. The molecule has 0 fully saturated rings. The molecule has 0 spiro atoms. The fourth-order valence-corrected chi connectivity index (χ4v) is 6.96. The Kier molecular flexibility index (Phi) is 18.6. The molecular weight excluding hydrogens is 685 g/mol. The summed E-state index contributed by atoms with van der Waals surface area (Å²) in [6.45, 7) is 10.9. The van der Waals surface area contributed by atoms with E-state index in [4.69, 9.17) is 27.7 Å². The molecule has 0 amide bonds. The molecule has 0 aliphatic rings. The third-order valence-corrected chi connectivity index (χ3v) is 10.0. The highest BCUT2D eigenvalue weighted by molar-refractivity contribution is 7.00. The van der Waals surface area contributed by atoms with E-state index in [1.807, 2.05) is 24.3 Å². The van der Waals surface area contributed by atoms with Crippen molar-refractivity contribution in [1.82, 2.24) is 8.75 Å². The van der Waals surface area contributed by atoms with Crippen LogP contribution >= 0.6 is 11.7 Å². The van der Waals surface area contributed by atoms with E-state index in [9.17, 15) is 9.59 Å². The van der Waals surface area contributed by atoms with Crippen molar-refractivity contribution in [3.05, 3.63) is 47.5 Å². The predicted octanol–water partition coefficient (Wildman–Crippen LogP) is 12.5. The zero-order valence-electron chi connectivity index (χ0n) is 32.5. The minimum atomic E-state index is 0.468. The fourth-order valence-electron chi connectivity index (χ4n) is 6.39. The van der Waals surface area contributed by atoms with Gasteiger partial charge in [0, 0.05) is 22.3 Å². The van der Waals surface area contributed by atoms with E-state index in [0.717, 1.165) is 149 Å². The van der Waals surface area contributed by atoms with Gasteiger partial charge in [-0.05, 0) is 49.9 Å². The van der Waals surface area contributed by atoms with Gasteiger partial charge in [-0.2, -0.15) is 8.75 Å². The summed E-state index contributed by atoms with van der Waals surface area (Å²) >= 11 is 1.15. The molecule has 9 heteroatoms. The molecule has 4 aromatic rings. The number of benzene rings is 3. The Hall–Kier alpha value is -3.98. The Morgan fingerprint density at radius 1 is 0.453 bits per heavy atom. The maximum atomic E-state index is 12.3. The van der Waals surface area contributed by atoms with Crippen molar-refractivity contribution in [2.24, 2.45) is 0 Å². The molecule has 8 nitrogen and oxygen atoms in total. The molecule has 1 heterocycles. The second kappa shape index (κ2) is 23.6. The fraction of sp³-hybridized carbons (Fsp3) is 0.545. The zero-order valence-corrected chi connectivity index (χ0v) is 33.3. The number of fused-ring (bicyclic) bond motifs is 1. The van der Waals surface area contributed by atoms with E-state index in [1.165, 1.54) is 0 Å². The van der Waals surface area contributed by atoms with Crippen molar-refractivity contribution in [1.29, 1.82) is 0 Å². The average Bonchev–Trinajstić information content (AvgIpc) is 3.68. The molecule has 0 N–H and O–H groups in total. The van der Waals surface area contributed by atoms with Crippen LogP contribution in [0, 0.1) is 0 Å². The molecule has 0 unspecified atom stereocenters. The SMILES string of the molecule is CCCCCCOc1cc(-c2ccc(-c3cc(OCCCCCC)c(C=O)cc3OCCCCCC)c3nsnc23)c(OCCCCCC)cc1C=O. The molecule has 0 aliphatic heterocycles. The van der Waals surface area contributed by atoms with Gasteiger partial charge in [-0.25, -0.2) is 0 Å². The van der Waals surface area contributed by atoms with Crippen LogP contribution in [0.25, 0.3) is 33.3 Å². The van der Waals surface area contributed by atoms with Gasteiger partial charge in [-0.3, -0.25) is 9.59 Å². The average molecular weight is 745 g/mol. The first-order chi connectivity index (χ1) is 26.1. The Morgan fingerprint density at radius 3 is 1.11 bits per heavy atom. The van der Waals surface area contributed by atoms with Crippen molar-refractivity contribution >= 4 is 35.3 Å². The lowest BCUT2D eigenvalue weighted by molar-refractivity contribution is 0.111. The van der Waals surface area contributed by atoms with Crippen LogP contribution in [0.5, 0.6) is 23.0 Å². The van der Waals surface area contributed by atoms with Gasteiger partial charge in [-0.1, -0.05) is 117 Å². The van der Waals surface area contributed by atoms with Gasteiger partial charge in [0.1, 0.15) is 34.0 Å². The van der Waals surface area contributed by atoms with Crippen LogP contribution in [0.3, 0.4) is 0 Å². The van der Waals surface area contributed by atoms with Crippen LogP contribution in [0.15, 0.2) is 36.4 Å². The number of rotatable bonds is 28. The summed E-state index contributed by atoms with van der Waals surface area (Å²) in [6.07, 6.45) is 18.9. The Balaban J connectivity index is 1.78. The lowest BCUT2D eigenvalue weighted by atomic mass is 9.95. The minimum Gasteiger partial charge on any atom is -0.493 e. The molecule has 0 radical (unpaired) electrons. The molecule has 4 rings (SSSR count). The molecule has 53 heavy (non-hydrogen) atoms. The number of ether oxygens (including phenoxy) is 4. The van der Waals surface area contributed by atoms with Crippen LogP contribution in [0.4, 0.5) is 0 Å². The first kappa shape index (κ1) is 41.8. The van der Waals surface area contributed by atoms with Gasteiger partial charge < -0.3 is 18.9 Å². The first-order valence-corrected chi connectivity index (χ1v) is 20.9. The van der Waals surface area contributed by atoms with E-state index < -0.39 is 0 Å². The van der Waals surface area contributed by atoms with Crippen molar-refractivity contribution in [3.8, 4) is 45.3 Å². The van der Waals surface area contributed by atoms with Gasteiger partial charge in [0.2, 0.25) is 0 Å². The Labute approximate surface area is 321 Å². The van der Waals surface area contributed by atoms with Crippen LogP contribution in [0.2, 0.25) is 0 Å². The summed E-state index contributed by atoms with van der Waals surface area (Å²) in [5.74, 6) is 2.31. The number of unbranched alkanes of at least 4 members (excludes halogenated alkanes) is 12. The number of carbonyl (C=O) groups is 2. The molecule has 3 aromatic carbocycles. The molecule has 0 saturated carbocycles. The first-order valence-electron chi connectivity index (χ1n) is 20.1. The molecule has 288 valence electrons. The van der Waals surface area contributed by atoms with Crippen molar-refractivity contribution in [2.75, 3.05) is 26.4 Å². The number of nitrogens with zero attached hydrogens (tertiary/aromatic N) is 2. The predicted molar refractivity (Wildman–Crippen MR) is 218 cm³/mol. The van der Waals surface area contributed by atoms with Gasteiger partial charge in [0.05, 0.1) is 49.3 Å². The van der Waals surface area contributed by atoms with E-state index >= 15 is 0 Å². The summed E-state index contributed by atoms with van der Waals surface area (Å²) in [4.78, 5) is 24.6. The lowest BCUT2D eigenvalue weighted by Gasteiger charge is -2.18. The van der Waals surface area contributed by atoms with Gasteiger partial charge >= 0.3 is 0 Å². The van der Waals surface area contributed by atoms with Gasteiger partial charge in [0.25, 0.3) is 0 Å². The maximum Gasteiger partial charge on any atom is 0.153 e. The number of aromatic nitrogens is 2. The largest absolute Gasteiger partial charge is 0.493 e. The molecule has 0 aliphatic carbocycles. The number of aldehydes is 2. The summed E-state index contributed by atoms with van der Waals surface area (Å²) in [7, 11) is 0. The monoisotopic (exact) mass is 744 g/mol.